The second-order valence-corrected chi connectivity index (χ2v) is 4.63. The average Bonchev–Trinajstić information content (AvgIpc) is 2.41. The normalized spacial score (nSPS) is 11.7. The highest BCUT2D eigenvalue weighted by molar-refractivity contribution is 6.30. The summed E-state index contributed by atoms with van der Waals surface area (Å²) >= 11 is 5.80. The molecule has 104 valence electrons. The number of nitrogens with zero attached hydrogens (tertiary/aromatic N) is 1. The van der Waals surface area contributed by atoms with Gasteiger partial charge in [-0.1, -0.05) is 23.7 Å². The first-order valence-corrected chi connectivity index (χ1v) is 6.73. The third-order valence-corrected chi connectivity index (χ3v) is 3.14. The first-order valence-electron chi connectivity index (χ1n) is 6.35. The Morgan fingerprint density at radius 2 is 1.89 bits per heavy atom. The van der Waals surface area contributed by atoms with Crippen LogP contribution in [-0.4, -0.2) is 36.3 Å². The van der Waals surface area contributed by atoms with Gasteiger partial charge in [-0.15, -0.1) is 0 Å². The molecule has 0 aliphatic heterocycles. The monoisotopic (exact) mass is 282 g/mol. The maximum atomic E-state index is 11.9. The third-order valence-electron chi connectivity index (χ3n) is 2.89. The van der Waals surface area contributed by atoms with Crippen molar-refractivity contribution < 1.29 is 9.59 Å². The lowest BCUT2D eigenvalue weighted by Gasteiger charge is -2.22. The number of hydrogen-bond acceptors (Lipinski definition) is 2. The molecule has 0 aliphatic carbocycles. The predicted molar refractivity (Wildman–Crippen MR) is 76.5 cm³/mol. The standard InChI is InChI=1S/C14H19ClN2O2/c1-3-17(4-2)14(19)16-13(10-18)9-11-5-7-12(15)8-6-11/h5-8,10,13H,3-4,9H2,1-2H3,(H,16,19)/t13-/m0/s1. The van der Waals surface area contributed by atoms with Crippen LogP contribution < -0.4 is 5.32 Å². The Hall–Kier alpha value is -1.55. The minimum Gasteiger partial charge on any atom is -0.328 e. The van der Waals surface area contributed by atoms with Crippen molar-refractivity contribution in [2.75, 3.05) is 13.1 Å². The molecule has 2 amide bonds. The van der Waals surface area contributed by atoms with Crippen LogP contribution in [0.4, 0.5) is 4.79 Å². The zero-order valence-electron chi connectivity index (χ0n) is 11.2. The molecule has 5 heteroatoms. The van der Waals surface area contributed by atoms with Gasteiger partial charge in [-0.2, -0.15) is 0 Å². The molecule has 0 bridgehead atoms. The van der Waals surface area contributed by atoms with E-state index in [9.17, 15) is 9.59 Å². The summed E-state index contributed by atoms with van der Waals surface area (Å²) in [6, 6.07) is 6.51. The predicted octanol–water partition coefficient (Wildman–Crippen LogP) is 2.50. The number of urea groups is 1. The van der Waals surface area contributed by atoms with Crippen LogP contribution in [0.15, 0.2) is 24.3 Å². The molecule has 0 saturated heterocycles. The summed E-state index contributed by atoms with van der Waals surface area (Å²) in [6.07, 6.45) is 1.23. The van der Waals surface area contributed by atoms with Crippen molar-refractivity contribution in [3.8, 4) is 0 Å². The number of benzene rings is 1. The Labute approximate surface area is 118 Å². The second-order valence-electron chi connectivity index (χ2n) is 4.19. The van der Waals surface area contributed by atoms with E-state index in [0.29, 0.717) is 24.5 Å². The number of hydrogen-bond donors (Lipinski definition) is 1. The molecular formula is C14H19ClN2O2. The van der Waals surface area contributed by atoms with Gasteiger partial charge in [0, 0.05) is 18.1 Å². The first kappa shape index (κ1) is 15.5. The second kappa shape index (κ2) is 7.79. The van der Waals surface area contributed by atoms with Gasteiger partial charge in [0.2, 0.25) is 0 Å². The first-order chi connectivity index (χ1) is 9.10. The molecule has 1 aromatic rings. The molecule has 0 aliphatic rings. The minimum absolute atomic E-state index is 0.212. The zero-order valence-corrected chi connectivity index (χ0v) is 12.0. The lowest BCUT2D eigenvalue weighted by Crippen LogP contribution is -2.46. The van der Waals surface area contributed by atoms with E-state index in [0.717, 1.165) is 11.8 Å². The van der Waals surface area contributed by atoms with Crippen molar-refractivity contribution in [3.05, 3.63) is 34.9 Å². The Morgan fingerprint density at radius 3 is 2.37 bits per heavy atom. The van der Waals surface area contributed by atoms with E-state index in [-0.39, 0.29) is 6.03 Å². The summed E-state index contributed by atoms with van der Waals surface area (Å²) in [5.41, 5.74) is 0.960. The Bertz CT molecular complexity index is 416. The average molecular weight is 283 g/mol. The number of rotatable bonds is 6. The third kappa shape index (κ3) is 4.91. The topological polar surface area (TPSA) is 49.4 Å². The molecule has 0 fully saturated rings. The minimum atomic E-state index is -0.519. The lowest BCUT2D eigenvalue weighted by molar-refractivity contribution is -0.109. The lowest BCUT2D eigenvalue weighted by atomic mass is 10.1. The summed E-state index contributed by atoms with van der Waals surface area (Å²) in [7, 11) is 0. The highest BCUT2D eigenvalue weighted by atomic mass is 35.5. The van der Waals surface area contributed by atoms with Crippen LogP contribution in [-0.2, 0) is 11.2 Å². The zero-order chi connectivity index (χ0) is 14.3. The fourth-order valence-electron chi connectivity index (χ4n) is 1.77. The molecular weight excluding hydrogens is 264 g/mol. The molecule has 1 rings (SSSR count). The smallest absolute Gasteiger partial charge is 0.317 e. The summed E-state index contributed by atoms with van der Waals surface area (Å²) in [5, 5.41) is 3.37. The van der Waals surface area contributed by atoms with Crippen LogP contribution >= 0.6 is 11.6 Å². The van der Waals surface area contributed by atoms with Crippen molar-refractivity contribution in [1.29, 1.82) is 0 Å². The number of amides is 2. The molecule has 0 radical (unpaired) electrons. The van der Waals surface area contributed by atoms with Crippen molar-refractivity contribution in [1.82, 2.24) is 10.2 Å². The Balaban J connectivity index is 2.61. The van der Waals surface area contributed by atoms with Gasteiger partial charge in [0.1, 0.15) is 6.29 Å². The molecule has 1 aromatic carbocycles. The molecule has 1 atom stereocenters. The maximum Gasteiger partial charge on any atom is 0.317 e. The number of aldehydes is 1. The van der Waals surface area contributed by atoms with Crippen molar-refractivity contribution in [2.24, 2.45) is 0 Å². The van der Waals surface area contributed by atoms with Gasteiger partial charge in [0.15, 0.2) is 0 Å². The van der Waals surface area contributed by atoms with E-state index in [4.69, 9.17) is 11.6 Å². The fourth-order valence-corrected chi connectivity index (χ4v) is 1.89. The summed E-state index contributed by atoms with van der Waals surface area (Å²) in [6.45, 7) is 5.04. The molecule has 0 heterocycles. The summed E-state index contributed by atoms with van der Waals surface area (Å²) < 4.78 is 0. The van der Waals surface area contributed by atoms with E-state index >= 15 is 0 Å². The summed E-state index contributed by atoms with van der Waals surface area (Å²) in [5.74, 6) is 0. The van der Waals surface area contributed by atoms with Crippen LogP contribution in [0, 0.1) is 0 Å². The van der Waals surface area contributed by atoms with Gasteiger partial charge < -0.3 is 15.0 Å². The van der Waals surface area contributed by atoms with E-state index in [1.165, 1.54) is 0 Å². The van der Waals surface area contributed by atoms with Crippen molar-refractivity contribution in [3.63, 3.8) is 0 Å². The van der Waals surface area contributed by atoms with E-state index in [1.54, 1.807) is 17.0 Å². The highest BCUT2D eigenvalue weighted by Crippen LogP contribution is 2.10. The molecule has 0 spiro atoms. The maximum absolute atomic E-state index is 11.9. The van der Waals surface area contributed by atoms with E-state index in [2.05, 4.69) is 5.32 Å². The van der Waals surface area contributed by atoms with Gasteiger partial charge in [-0.3, -0.25) is 0 Å². The molecule has 0 saturated carbocycles. The fraction of sp³-hybridized carbons (Fsp3) is 0.429. The van der Waals surface area contributed by atoms with Crippen LogP contribution in [0.3, 0.4) is 0 Å². The Morgan fingerprint density at radius 1 is 1.32 bits per heavy atom. The van der Waals surface area contributed by atoms with E-state index in [1.807, 2.05) is 26.0 Å². The number of carbonyl (C=O) groups is 2. The van der Waals surface area contributed by atoms with Gasteiger partial charge in [0.25, 0.3) is 0 Å². The van der Waals surface area contributed by atoms with Crippen LogP contribution in [0.5, 0.6) is 0 Å². The van der Waals surface area contributed by atoms with Crippen molar-refractivity contribution in [2.45, 2.75) is 26.3 Å². The van der Waals surface area contributed by atoms with Crippen LogP contribution in [0.25, 0.3) is 0 Å². The SMILES string of the molecule is CCN(CC)C(=O)N[C@H](C=O)Cc1ccc(Cl)cc1. The highest BCUT2D eigenvalue weighted by Gasteiger charge is 2.15. The number of halogens is 1. The van der Waals surface area contributed by atoms with E-state index < -0.39 is 6.04 Å². The molecule has 0 unspecified atom stereocenters. The molecule has 4 nitrogen and oxygen atoms in total. The number of nitrogens with one attached hydrogen (secondary N) is 1. The molecule has 1 N–H and O–H groups in total. The molecule has 0 aromatic heterocycles. The largest absolute Gasteiger partial charge is 0.328 e. The van der Waals surface area contributed by atoms with Gasteiger partial charge in [-0.25, -0.2) is 4.79 Å². The van der Waals surface area contributed by atoms with Crippen molar-refractivity contribution >= 4 is 23.9 Å². The van der Waals surface area contributed by atoms with Crippen LogP contribution in [0.2, 0.25) is 5.02 Å². The molecule has 19 heavy (non-hydrogen) atoms. The van der Waals surface area contributed by atoms with Gasteiger partial charge in [-0.05, 0) is 38.0 Å². The quantitative estimate of drug-likeness (QED) is 0.815. The van der Waals surface area contributed by atoms with Crippen LogP contribution in [0.1, 0.15) is 19.4 Å². The summed E-state index contributed by atoms with van der Waals surface area (Å²) in [4.78, 5) is 24.5. The Kier molecular flexibility index (Phi) is 6.36. The number of carbonyl (C=O) groups excluding carboxylic acids is 2. The van der Waals surface area contributed by atoms with Gasteiger partial charge in [0.05, 0.1) is 6.04 Å². The van der Waals surface area contributed by atoms with Gasteiger partial charge >= 0.3 is 6.03 Å².